The molecule has 3 N–H and O–H groups in total. The van der Waals surface area contributed by atoms with Crippen molar-refractivity contribution in [3.63, 3.8) is 0 Å². The number of phenols is 1. The first-order chi connectivity index (χ1) is 15.1. The first kappa shape index (κ1) is 21.1. The molecule has 5 nitrogen and oxygen atoms in total. The maximum Gasteiger partial charge on any atom is 0.271 e. The minimum Gasteiger partial charge on any atom is -0.506 e. The van der Waals surface area contributed by atoms with Crippen LogP contribution in [0.5, 0.6) is 5.75 Å². The second kappa shape index (κ2) is 9.75. The Morgan fingerprint density at radius 1 is 1.03 bits per heavy atom. The summed E-state index contributed by atoms with van der Waals surface area (Å²) in [7, 11) is 0. The van der Waals surface area contributed by atoms with Gasteiger partial charge in [0, 0.05) is 29.1 Å². The van der Waals surface area contributed by atoms with Crippen LogP contribution in [0.25, 0.3) is 10.8 Å². The molecular weight excluding hydrogens is 430 g/mol. The van der Waals surface area contributed by atoms with Gasteiger partial charge in [0.1, 0.15) is 5.75 Å². The summed E-state index contributed by atoms with van der Waals surface area (Å²) in [5.41, 5.74) is 4.92. The van der Waals surface area contributed by atoms with Crippen molar-refractivity contribution in [2.75, 3.05) is 0 Å². The predicted molar refractivity (Wildman–Crippen MR) is 127 cm³/mol. The van der Waals surface area contributed by atoms with Gasteiger partial charge in [0.15, 0.2) is 0 Å². The number of halogens is 1. The van der Waals surface area contributed by atoms with Gasteiger partial charge in [-0.3, -0.25) is 4.79 Å². The summed E-state index contributed by atoms with van der Waals surface area (Å²) in [6.45, 7) is 1.59. The number of aromatic hydroxyl groups is 1. The van der Waals surface area contributed by atoms with E-state index >= 15 is 0 Å². The normalized spacial score (nSPS) is 11.3. The number of amides is 1. The fraction of sp³-hybridized carbons (Fsp3) is 0.0833. The predicted octanol–water partition coefficient (Wildman–Crippen LogP) is 5.31. The van der Waals surface area contributed by atoms with Crippen molar-refractivity contribution in [2.24, 2.45) is 5.10 Å². The highest BCUT2D eigenvalue weighted by molar-refractivity contribution is 7.09. The molecule has 0 aliphatic carbocycles. The van der Waals surface area contributed by atoms with Crippen LogP contribution in [-0.4, -0.2) is 17.2 Å². The van der Waals surface area contributed by atoms with E-state index in [1.807, 2.05) is 24.3 Å². The molecule has 1 amide bonds. The Kier molecular flexibility index (Phi) is 6.62. The highest BCUT2D eigenvalue weighted by atomic mass is 35.5. The molecule has 0 unspecified atom stereocenters. The number of hydrazone groups is 1. The molecule has 1 heterocycles. The zero-order valence-electron chi connectivity index (χ0n) is 16.5. The topological polar surface area (TPSA) is 73.7 Å². The van der Waals surface area contributed by atoms with Crippen molar-refractivity contribution >= 4 is 45.8 Å². The first-order valence-corrected chi connectivity index (χ1v) is 10.9. The van der Waals surface area contributed by atoms with E-state index in [0.717, 1.165) is 29.4 Å². The lowest BCUT2D eigenvalue weighted by molar-refractivity contribution is 0.0955. The largest absolute Gasteiger partial charge is 0.506 e. The maximum atomic E-state index is 12.3. The fourth-order valence-electron chi connectivity index (χ4n) is 3.26. The Balaban J connectivity index is 1.47. The van der Waals surface area contributed by atoms with Crippen molar-refractivity contribution in [3.05, 3.63) is 98.7 Å². The Hall–Kier alpha value is -3.19. The van der Waals surface area contributed by atoms with E-state index < -0.39 is 5.91 Å². The number of carbonyl (C=O) groups is 1. The number of thiophene rings is 1. The number of phenolic OH excluding ortho intramolecular Hbond substituents is 1. The molecule has 0 aliphatic heterocycles. The molecule has 0 saturated carbocycles. The summed E-state index contributed by atoms with van der Waals surface area (Å²) >= 11 is 7.60. The van der Waals surface area contributed by atoms with Gasteiger partial charge in [0.2, 0.25) is 0 Å². The quantitative estimate of drug-likeness (QED) is 0.264. The molecule has 0 atom stereocenters. The lowest BCUT2D eigenvalue weighted by Crippen LogP contribution is -2.17. The molecule has 0 fully saturated rings. The molecule has 0 aliphatic rings. The number of nitrogens with one attached hydrogen (secondary N) is 2. The van der Waals surface area contributed by atoms with Gasteiger partial charge < -0.3 is 10.4 Å². The standard InChI is InChI=1S/C24H20ClN3O2S/c25-22-12-16(9-10-23(22)29)24(30)28-27-14-18-8-7-17(20-5-1-2-6-21(18)20)13-26-15-19-4-3-11-31-19/h1-12,14,26,29H,13,15H2,(H,28,30)/b27-14+. The van der Waals surface area contributed by atoms with Crippen LogP contribution >= 0.6 is 22.9 Å². The molecule has 4 aromatic rings. The summed E-state index contributed by atoms with van der Waals surface area (Å²) in [6.07, 6.45) is 1.63. The fourth-order valence-corrected chi connectivity index (χ4v) is 4.11. The number of hydrogen-bond donors (Lipinski definition) is 3. The van der Waals surface area contributed by atoms with Crippen LogP contribution in [0.2, 0.25) is 5.02 Å². The van der Waals surface area contributed by atoms with Crippen molar-refractivity contribution < 1.29 is 9.90 Å². The van der Waals surface area contributed by atoms with Gasteiger partial charge in [-0.1, -0.05) is 54.1 Å². The highest BCUT2D eigenvalue weighted by Crippen LogP contribution is 2.24. The third-order valence-corrected chi connectivity index (χ3v) is 6.00. The monoisotopic (exact) mass is 449 g/mol. The number of rotatable bonds is 7. The maximum absolute atomic E-state index is 12.3. The van der Waals surface area contributed by atoms with Gasteiger partial charge in [-0.2, -0.15) is 5.10 Å². The third-order valence-electron chi connectivity index (χ3n) is 4.82. The smallest absolute Gasteiger partial charge is 0.271 e. The van der Waals surface area contributed by atoms with Crippen molar-refractivity contribution in [1.82, 2.24) is 10.7 Å². The van der Waals surface area contributed by atoms with Crippen LogP contribution in [0.4, 0.5) is 0 Å². The second-order valence-corrected chi connectivity index (χ2v) is 8.35. The first-order valence-electron chi connectivity index (χ1n) is 9.67. The second-order valence-electron chi connectivity index (χ2n) is 6.91. The molecule has 0 spiro atoms. The van der Waals surface area contributed by atoms with Crippen molar-refractivity contribution in [3.8, 4) is 5.75 Å². The molecular formula is C24H20ClN3O2S. The van der Waals surface area contributed by atoms with Gasteiger partial charge in [0.05, 0.1) is 11.2 Å². The lowest BCUT2D eigenvalue weighted by Gasteiger charge is -2.10. The molecule has 1 aromatic heterocycles. The van der Waals surface area contributed by atoms with E-state index in [2.05, 4.69) is 45.5 Å². The van der Waals surface area contributed by atoms with E-state index in [-0.39, 0.29) is 10.8 Å². The van der Waals surface area contributed by atoms with E-state index in [0.29, 0.717) is 5.56 Å². The van der Waals surface area contributed by atoms with Crippen LogP contribution in [-0.2, 0) is 13.1 Å². The molecule has 7 heteroatoms. The van der Waals surface area contributed by atoms with Crippen LogP contribution in [0.15, 0.2) is 77.2 Å². The third kappa shape index (κ3) is 5.11. The minimum atomic E-state index is -0.406. The van der Waals surface area contributed by atoms with Crippen LogP contribution in [0.3, 0.4) is 0 Å². The summed E-state index contributed by atoms with van der Waals surface area (Å²) in [5.74, 6) is -0.477. The van der Waals surface area contributed by atoms with Crippen LogP contribution in [0, 0.1) is 0 Å². The highest BCUT2D eigenvalue weighted by Gasteiger charge is 2.08. The molecule has 156 valence electrons. The SMILES string of the molecule is O=C(N/N=C/c1ccc(CNCc2cccs2)c2ccccc12)c1ccc(O)c(Cl)c1. The molecule has 0 bridgehead atoms. The van der Waals surface area contributed by atoms with Crippen LogP contribution < -0.4 is 10.7 Å². The van der Waals surface area contributed by atoms with E-state index in [1.54, 1.807) is 17.6 Å². The van der Waals surface area contributed by atoms with Gasteiger partial charge in [0.25, 0.3) is 5.91 Å². The lowest BCUT2D eigenvalue weighted by atomic mass is 10.00. The number of hydrogen-bond acceptors (Lipinski definition) is 5. The molecule has 4 rings (SSSR count). The summed E-state index contributed by atoms with van der Waals surface area (Å²) in [4.78, 5) is 13.6. The summed E-state index contributed by atoms with van der Waals surface area (Å²) in [6, 6.07) is 20.6. The van der Waals surface area contributed by atoms with E-state index in [1.165, 1.54) is 28.6 Å². The number of carbonyl (C=O) groups excluding carboxylic acids is 1. The Morgan fingerprint density at radius 2 is 1.87 bits per heavy atom. The average molecular weight is 450 g/mol. The molecule has 0 saturated heterocycles. The zero-order chi connectivity index (χ0) is 21.6. The van der Waals surface area contributed by atoms with Gasteiger partial charge in [-0.25, -0.2) is 5.43 Å². The minimum absolute atomic E-state index is 0.0712. The average Bonchev–Trinajstić information content (AvgIpc) is 3.30. The van der Waals surface area contributed by atoms with Gasteiger partial charge in [-0.05, 0) is 46.0 Å². The molecule has 0 radical (unpaired) electrons. The van der Waals surface area contributed by atoms with Gasteiger partial charge >= 0.3 is 0 Å². The van der Waals surface area contributed by atoms with E-state index in [9.17, 15) is 9.90 Å². The number of benzene rings is 3. The number of fused-ring (bicyclic) bond motifs is 1. The van der Waals surface area contributed by atoms with Crippen LogP contribution in [0.1, 0.15) is 26.4 Å². The van der Waals surface area contributed by atoms with Crippen molar-refractivity contribution in [1.29, 1.82) is 0 Å². The Bertz CT molecular complexity index is 1240. The summed E-state index contributed by atoms with van der Waals surface area (Å²) < 4.78 is 0. The zero-order valence-corrected chi connectivity index (χ0v) is 18.1. The Labute approximate surface area is 189 Å². The van der Waals surface area contributed by atoms with Crippen molar-refractivity contribution in [2.45, 2.75) is 13.1 Å². The summed E-state index contributed by atoms with van der Waals surface area (Å²) in [5, 5.41) is 21.5. The Morgan fingerprint density at radius 3 is 2.65 bits per heavy atom. The molecule has 31 heavy (non-hydrogen) atoms. The van der Waals surface area contributed by atoms with E-state index in [4.69, 9.17) is 11.6 Å². The van der Waals surface area contributed by atoms with Gasteiger partial charge in [-0.15, -0.1) is 11.3 Å². The molecule has 3 aromatic carbocycles. The number of nitrogens with zero attached hydrogens (tertiary/aromatic N) is 1.